The van der Waals surface area contributed by atoms with Crippen LogP contribution >= 0.6 is 75.3 Å². The third-order valence-electron chi connectivity index (χ3n) is 24.1. The molecule has 0 aliphatic carbocycles. The van der Waals surface area contributed by atoms with E-state index in [1.54, 1.807) is 67.8 Å². The van der Waals surface area contributed by atoms with Gasteiger partial charge in [-0.1, -0.05) is 286 Å². The van der Waals surface area contributed by atoms with Gasteiger partial charge in [-0.25, -0.2) is 4.98 Å². The van der Waals surface area contributed by atoms with Crippen LogP contribution in [0.5, 0.6) is 23.0 Å². The van der Waals surface area contributed by atoms with Gasteiger partial charge in [0.1, 0.15) is 17.6 Å². The second-order valence-corrected chi connectivity index (χ2v) is 42.8. The van der Waals surface area contributed by atoms with E-state index in [2.05, 4.69) is 293 Å². The van der Waals surface area contributed by atoms with Gasteiger partial charge in [0.15, 0.2) is 34.6 Å². The zero-order chi connectivity index (χ0) is 104. The Labute approximate surface area is 897 Å². The van der Waals surface area contributed by atoms with Crippen LogP contribution in [0.1, 0.15) is 136 Å². The number of halogens is 3. The number of ether oxygens (including phenoxy) is 4. The standard InChI is InChI=1S/C27H26N6O3S.C19H20N2O.2C18H15P.C14H16BrNO.C11H16BNO2.C10H8N2O2S.2ClH.Pd/c1-35-23-13-19-21(14-24(23)36-2)32-27(37)33(25(19)28)10-4-9-30-26(34)22-12-17-7-6-16(11-20(17)31-22)18-5-3-8-29-15-18;1-2-3-4-7-19(22)18-12-15-9-8-14(11-17(15)21-18)16-6-5-10-20-13-16;2*1-4-10-16(11-5-1)19(17-12-6-2-7-13-17)18-14-8-3-9-15-18;1-2-3-4-5-14(17)13-8-10-6-7-11(15)9-12(10)16-13;1-10(2)11(3,4)15-12(14-10)9-6-5-7-13-8-9;1-13-9-3-7(5-11)8(12-6-15)4-10(9)14-2;;;/h3,5-8,11-15,31H,4,9-10,28H2,1-2H3,(H,30,34);5-6,8-13,21H,2-4,7H2,1H3;2*1-15H;6-9,16H,2-5H2,1H3;5-8H,1-4H3;3-4H,1-2H3;2*1H;/q;;;;;;;;;+2/p-2. The number of thiocarbonyl (C=S) groups is 1. The van der Waals surface area contributed by atoms with Crippen molar-refractivity contribution in [3.63, 3.8) is 0 Å². The van der Waals surface area contributed by atoms with Crippen LogP contribution in [-0.2, 0) is 31.8 Å². The summed E-state index contributed by atoms with van der Waals surface area (Å²) in [5, 5.41) is 26.3. The molecular formula is C117H116BBrCl2N12O9P2PdS2. The Hall–Kier alpha value is -13.3. The number of fused-ring (bicyclic) bond motifs is 4. The number of nitrogens with two attached hydrogens (primary N) is 1. The second kappa shape index (κ2) is 57.7. The van der Waals surface area contributed by atoms with Gasteiger partial charge >= 0.3 is 42.1 Å². The number of aromatic amines is 3. The first-order chi connectivity index (χ1) is 71.5. The molecule has 30 heteroatoms. The zero-order valence-electron chi connectivity index (χ0n) is 83.4. The quantitative estimate of drug-likeness (QED) is 0.00727. The Morgan fingerprint density at radius 3 is 1.28 bits per heavy atom. The number of carbonyl (C=O) groups excluding carboxylic acids is 3. The zero-order valence-corrected chi connectivity index (χ0v) is 91.5. The first-order valence-corrected chi connectivity index (χ1v) is 56.1. The number of anilines is 1. The molecule has 11 aromatic carbocycles. The molecule has 0 saturated carbocycles. The van der Waals surface area contributed by atoms with Crippen molar-refractivity contribution in [2.75, 3.05) is 40.7 Å². The Bertz CT molecular complexity index is 7120. The average Bonchev–Trinajstić information content (AvgIpc) is 1.02. The number of Topliss-reactive ketones (excluding diaryl/α,β-unsaturated/α-hetero) is 2. The summed E-state index contributed by atoms with van der Waals surface area (Å²) in [5.74, 6) is 2.83. The van der Waals surface area contributed by atoms with Gasteiger partial charge in [0.25, 0.3) is 5.91 Å². The molecule has 1 fully saturated rings. The number of aromatic nitrogens is 8. The molecule has 1 aliphatic rings. The fraction of sp³-hybridized carbons (Fsp3) is 0.197. The normalized spacial score (nSPS) is 11.8. The summed E-state index contributed by atoms with van der Waals surface area (Å²) in [6.45, 7) is 13.4. The first-order valence-electron chi connectivity index (χ1n) is 47.8. The minimum atomic E-state index is -0.446. The van der Waals surface area contributed by atoms with E-state index in [4.69, 9.17) is 70.5 Å². The van der Waals surface area contributed by atoms with Gasteiger partial charge in [0.05, 0.1) is 73.0 Å². The van der Waals surface area contributed by atoms with E-state index < -0.39 is 15.8 Å². The molecule has 0 spiro atoms. The van der Waals surface area contributed by atoms with Crippen LogP contribution in [-0.4, -0.2) is 115 Å². The van der Waals surface area contributed by atoms with Gasteiger partial charge < -0.3 is 58.8 Å². The topological polar surface area (TPSA) is 285 Å². The number of H-pyrrole nitrogens is 3. The molecule has 0 bridgehead atoms. The van der Waals surface area contributed by atoms with Crippen molar-refractivity contribution in [3.05, 3.63) is 385 Å². The Kier molecular flexibility index (Phi) is 44.2. The van der Waals surface area contributed by atoms with E-state index in [-0.39, 0.29) is 51.7 Å². The van der Waals surface area contributed by atoms with E-state index in [9.17, 15) is 14.4 Å². The number of ketones is 2. The summed E-state index contributed by atoms with van der Waals surface area (Å²) in [5.41, 5.74) is 17.3. The fourth-order valence-corrected chi connectivity index (χ4v) is 21.2. The number of pyridine rings is 3. The molecule has 6 N–H and O–H groups in total. The number of isothiocyanates is 1. The number of hydrogen-bond donors (Lipinski definition) is 5. The van der Waals surface area contributed by atoms with Crippen LogP contribution in [0.2, 0.25) is 0 Å². The van der Waals surface area contributed by atoms with E-state index in [1.807, 2.05) is 137 Å². The number of aliphatic imine (C=N–C) groups is 1. The molecule has 0 radical (unpaired) electrons. The second-order valence-electron chi connectivity index (χ2n) is 34.5. The van der Waals surface area contributed by atoms with Gasteiger partial charge in [0.2, 0.25) is 4.77 Å². The minimum absolute atomic E-state index is 0.106. The summed E-state index contributed by atoms with van der Waals surface area (Å²) in [4.78, 5) is 67.2. The smallest absolute Gasteiger partial charge is 0.0134 e. The molecule has 21 nitrogen and oxygen atoms in total. The summed E-state index contributed by atoms with van der Waals surface area (Å²) >= 11 is 13.3. The number of nitrogens with zero attached hydrogens (tertiary/aromatic N) is 7. The largest absolute Gasteiger partial charge is 0.0622 e. The number of benzene rings is 11. The number of nitriles is 1. The maximum Gasteiger partial charge on any atom is -0.0134 e. The molecule has 1 amide bonds. The van der Waals surface area contributed by atoms with Crippen LogP contribution in [0.15, 0.2) is 362 Å². The van der Waals surface area contributed by atoms with Gasteiger partial charge in [-0.15, -0.1) is 0 Å². The molecule has 7 aromatic heterocycles. The molecule has 8 heterocycles. The SMILES string of the molecule is CC1(C)OB(c2cccnc2)OC1(C)C.CCCCCC(=O)c1cc2ccc(-c3cccnc3)cc2[nH]1.CCCCCC(=O)c1cc2ccc(Br)cc2[nH]1.COc1cc(C#N)c(N=C=S)cc1OC.COc1cc2nc(=S)n(CCCNC(=O)c3cc4ccc(-c5cccnc5)cc4[nH]3)c(N)c2cc1OC.[Cl][Pd][Cl].c1ccc(P(c2ccccc2)c2ccccc2)cc1.c1ccc(P(c2ccccc2)c2ccccc2)cc1. The van der Waals surface area contributed by atoms with Crippen molar-refractivity contribution in [2.24, 2.45) is 4.99 Å². The first kappa shape index (κ1) is 112. The number of methoxy groups -OCH3 is 4. The molecule has 0 unspecified atom stereocenters. The fourth-order valence-electron chi connectivity index (χ4n) is 15.8. The molecule has 754 valence electrons. The van der Waals surface area contributed by atoms with Gasteiger partial charge in [0, 0.05) is 140 Å². The van der Waals surface area contributed by atoms with Crippen molar-refractivity contribution in [3.8, 4) is 51.3 Å². The number of hydrogen-bond acceptors (Lipinski definition) is 18. The maximum atomic E-state index is 12.8. The van der Waals surface area contributed by atoms with E-state index in [0.29, 0.717) is 88.4 Å². The number of nitrogen functional groups attached to an aromatic ring is 1. The number of rotatable bonds is 29. The Balaban J connectivity index is 0.000000156. The monoisotopic (exact) mass is 2220 g/mol. The van der Waals surface area contributed by atoms with Crippen molar-refractivity contribution in [2.45, 2.75) is 117 Å². The number of unbranched alkanes of at least 4 members (excludes halogenated alkanes) is 4. The molecule has 19 rings (SSSR count). The van der Waals surface area contributed by atoms with Gasteiger partial charge in [-0.3, -0.25) is 29.3 Å². The summed E-state index contributed by atoms with van der Waals surface area (Å²) in [6, 6.07) is 109. The van der Waals surface area contributed by atoms with E-state index in [0.717, 1.165) is 120 Å². The van der Waals surface area contributed by atoms with Gasteiger partial charge in [-0.2, -0.15) is 10.3 Å². The summed E-state index contributed by atoms with van der Waals surface area (Å²) < 4.78 is 35.8. The maximum absolute atomic E-state index is 12.8. The molecular weight excluding hydrogens is 2110 g/mol. The van der Waals surface area contributed by atoms with Gasteiger partial charge in [-0.05, 0) is 197 Å². The van der Waals surface area contributed by atoms with Crippen LogP contribution in [0.3, 0.4) is 0 Å². The molecule has 147 heavy (non-hydrogen) atoms. The summed E-state index contributed by atoms with van der Waals surface area (Å²) in [6.07, 6.45) is 19.0. The summed E-state index contributed by atoms with van der Waals surface area (Å²) in [7, 11) is 14.6. The predicted molar refractivity (Wildman–Crippen MR) is 612 cm³/mol. The molecule has 1 aliphatic heterocycles. The third kappa shape index (κ3) is 31.9. The van der Waals surface area contributed by atoms with Crippen molar-refractivity contribution in [1.29, 1.82) is 5.26 Å². The van der Waals surface area contributed by atoms with Crippen LogP contribution in [0.25, 0.3) is 65.9 Å². The van der Waals surface area contributed by atoms with E-state index in [1.165, 1.54) is 46.0 Å². The number of amides is 1. The predicted octanol–water partition coefficient (Wildman–Crippen LogP) is 26.4. The van der Waals surface area contributed by atoms with Crippen LogP contribution in [0.4, 0.5) is 11.5 Å². The molecule has 0 atom stereocenters. The molecule has 18 aromatic rings. The molecule has 1 saturated heterocycles. The van der Waals surface area contributed by atoms with Crippen molar-refractivity contribution < 1.29 is 58.6 Å². The van der Waals surface area contributed by atoms with Crippen molar-refractivity contribution >= 4 is 197 Å². The Morgan fingerprint density at radius 2 is 0.884 bits per heavy atom. The van der Waals surface area contributed by atoms with E-state index >= 15 is 0 Å². The average molecular weight is 2230 g/mol. The number of carbonyl (C=O) groups is 3. The Morgan fingerprint density at radius 1 is 0.497 bits per heavy atom. The number of nitrogens with one attached hydrogen (secondary N) is 4. The van der Waals surface area contributed by atoms with Crippen LogP contribution in [0, 0.1) is 16.1 Å². The van der Waals surface area contributed by atoms with Crippen molar-refractivity contribution in [1.82, 2.24) is 44.8 Å². The van der Waals surface area contributed by atoms with Crippen LogP contribution < -0.4 is 67.3 Å². The minimum Gasteiger partial charge on any atom is -0.0622 e. The third-order valence-corrected chi connectivity index (χ3v) is 29.9.